The fourth-order valence-electron chi connectivity index (χ4n) is 4.99. The smallest absolute Gasteiger partial charge is 0.256 e. The average Bonchev–Trinajstić information content (AvgIpc) is 3.58. The molecule has 3 heterocycles. The maximum atomic E-state index is 14.2. The Morgan fingerprint density at radius 1 is 1.05 bits per heavy atom. The first-order chi connectivity index (χ1) is 19.0. The number of halogens is 1. The van der Waals surface area contributed by atoms with Gasteiger partial charge in [-0.25, -0.2) is 9.37 Å². The summed E-state index contributed by atoms with van der Waals surface area (Å²) < 4.78 is 16.1. The van der Waals surface area contributed by atoms with E-state index in [4.69, 9.17) is 0 Å². The number of carbonyl (C=O) groups is 1. The number of aromatic nitrogens is 4. The molecule has 2 aromatic heterocycles. The number of hydrogen-bond acceptors (Lipinski definition) is 5. The van der Waals surface area contributed by atoms with Crippen molar-refractivity contribution in [2.75, 3.05) is 30.8 Å². The van der Waals surface area contributed by atoms with E-state index >= 15 is 0 Å². The number of nitrogens with one attached hydrogen (secondary N) is 3. The molecule has 198 valence electrons. The second kappa shape index (κ2) is 10.7. The lowest BCUT2D eigenvalue weighted by Crippen LogP contribution is -2.36. The quantitative estimate of drug-likeness (QED) is 0.267. The summed E-state index contributed by atoms with van der Waals surface area (Å²) in [5, 5.41) is 13.7. The first kappa shape index (κ1) is 24.8. The highest BCUT2D eigenvalue weighted by molar-refractivity contribution is 6.04. The average molecular weight is 524 g/mol. The molecule has 0 radical (unpaired) electrons. The van der Waals surface area contributed by atoms with Crippen molar-refractivity contribution in [1.29, 1.82) is 0 Å². The SMILES string of the molecule is CN1CCC(Nc2ccc(C(=O)Nc3cc(-c4ccc5ncn(Cc6ccccc6F)c5c4)[nH]n3)cc2)CC1. The summed E-state index contributed by atoms with van der Waals surface area (Å²) in [5.41, 5.74) is 5.51. The molecule has 6 rings (SSSR count). The fraction of sp³-hybridized carbons (Fsp3) is 0.233. The van der Waals surface area contributed by atoms with Gasteiger partial charge in [-0.1, -0.05) is 24.3 Å². The molecule has 1 aliphatic heterocycles. The molecule has 5 aromatic rings. The van der Waals surface area contributed by atoms with Crippen LogP contribution in [0.2, 0.25) is 0 Å². The molecule has 8 nitrogen and oxygen atoms in total. The zero-order valence-electron chi connectivity index (χ0n) is 21.7. The highest BCUT2D eigenvalue weighted by Crippen LogP contribution is 2.25. The number of H-pyrrole nitrogens is 1. The third-order valence-corrected chi connectivity index (χ3v) is 7.29. The Morgan fingerprint density at radius 3 is 2.64 bits per heavy atom. The van der Waals surface area contributed by atoms with Gasteiger partial charge in [-0.3, -0.25) is 9.89 Å². The summed E-state index contributed by atoms with van der Waals surface area (Å²) in [6, 6.07) is 22.4. The minimum absolute atomic E-state index is 0.225. The van der Waals surface area contributed by atoms with Crippen LogP contribution in [-0.4, -0.2) is 56.7 Å². The van der Waals surface area contributed by atoms with Crippen molar-refractivity contribution in [1.82, 2.24) is 24.6 Å². The van der Waals surface area contributed by atoms with Crippen LogP contribution < -0.4 is 10.6 Å². The number of amides is 1. The predicted molar refractivity (Wildman–Crippen MR) is 151 cm³/mol. The van der Waals surface area contributed by atoms with Crippen LogP contribution in [0.5, 0.6) is 0 Å². The Balaban J connectivity index is 1.12. The lowest BCUT2D eigenvalue weighted by atomic mass is 10.0. The van der Waals surface area contributed by atoms with E-state index in [-0.39, 0.29) is 11.7 Å². The number of anilines is 2. The Kier molecular flexibility index (Phi) is 6.81. The zero-order chi connectivity index (χ0) is 26.8. The largest absolute Gasteiger partial charge is 0.382 e. The van der Waals surface area contributed by atoms with E-state index < -0.39 is 0 Å². The van der Waals surface area contributed by atoms with Gasteiger partial charge in [0.05, 0.1) is 29.6 Å². The van der Waals surface area contributed by atoms with Crippen molar-refractivity contribution in [3.05, 3.63) is 96.1 Å². The van der Waals surface area contributed by atoms with Crippen molar-refractivity contribution in [3.63, 3.8) is 0 Å². The van der Waals surface area contributed by atoms with E-state index in [1.165, 1.54) is 6.07 Å². The molecular weight excluding hydrogens is 493 g/mol. The van der Waals surface area contributed by atoms with Crippen LogP contribution in [0.25, 0.3) is 22.3 Å². The third-order valence-electron chi connectivity index (χ3n) is 7.29. The molecule has 0 bridgehead atoms. The summed E-state index contributed by atoms with van der Waals surface area (Å²) in [7, 11) is 2.15. The summed E-state index contributed by atoms with van der Waals surface area (Å²) in [6.45, 7) is 2.56. The summed E-state index contributed by atoms with van der Waals surface area (Å²) in [6.07, 6.45) is 3.94. The molecule has 0 spiro atoms. The molecule has 1 fully saturated rings. The Hall–Kier alpha value is -4.50. The van der Waals surface area contributed by atoms with Gasteiger partial charge in [0.1, 0.15) is 5.82 Å². The highest BCUT2D eigenvalue weighted by atomic mass is 19.1. The summed E-state index contributed by atoms with van der Waals surface area (Å²) in [5.74, 6) is -0.0339. The standard InChI is InChI=1S/C30H30FN7O/c1-37-14-12-24(13-15-37)33-23-9-6-20(7-10-23)30(39)34-29-17-27(35-36-29)21-8-11-26-28(16-21)38(19-32-26)18-22-4-2-3-5-25(22)31/h2-11,16-17,19,24,33H,12-15,18H2,1H3,(H2,34,35,36,39). The topological polar surface area (TPSA) is 90.9 Å². The van der Waals surface area contributed by atoms with Gasteiger partial charge in [0.25, 0.3) is 5.91 Å². The Bertz CT molecular complexity index is 1600. The van der Waals surface area contributed by atoms with Gasteiger partial charge < -0.3 is 20.1 Å². The lowest BCUT2D eigenvalue weighted by molar-refractivity contribution is 0.102. The van der Waals surface area contributed by atoms with E-state index in [9.17, 15) is 9.18 Å². The Morgan fingerprint density at radius 2 is 1.85 bits per heavy atom. The maximum Gasteiger partial charge on any atom is 0.256 e. The minimum atomic E-state index is -0.243. The number of piperidine rings is 1. The molecule has 0 unspecified atom stereocenters. The van der Waals surface area contributed by atoms with Crippen LogP contribution in [0, 0.1) is 5.82 Å². The number of carbonyl (C=O) groups excluding carboxylic acids is 1. The normalized spacial score (nSPS) is 14.5. The van der Waals surface area contributed by atoms with Crippen LogP contribution in [-0.2, 0) is 6.54 Å². The first-order valence-corrected chi connectivity index (χ1v) is 13.1. The second-order valence-corrected chi connectivity index (χ2v) is 10.1. The zero-order valence-corrected chi connectivity index (χ0v) is 21.7. The van der Waals surface area contributed by atoms with Gasteiger partial charge in [0, 0.05) is 34.5 Å². The molecule has 3 N–H and O–H groups in total. The predicted octanol–water partition coefficient (Wildman–Crippen LogP) is 5.37. The number of nitrogens with zero attached hydrogens (tertiary/aromatic N) is 4. The lowest BCUT2D eigenvalue weighted by Gasteiger charge is -2.30. The highest BCUT2D eigenvalue weighted by Gasteiger charge is 2.17. The van der Waals surface area contributed by atoms with Crippen LogP contribution in [0.15, 0.2) is 79.1 Å². The number of fused-ring (bicyclic) bond motifs is 1. The van der Waals surface area contributed by atoms with Gasteiger partial charge in [0.15, 0.2) is 5.82 Å². The van der Waals surface area contributed by atoms with Crippen LogP contribution >= 0.6 is 0 Å². The third kappa shape index (κ3) is 5.53. The molecule has 3 aromatic carbocycles. The van der Waals surface area contributed by atoms with Gasteiger partial charge in [-0.2, -0.15) is 5.10 Å². The minimum Gasteiger partial charge on any atom is -0.382 e. The van der Waals surface area contributed by atoms with E-state index in [1.54, 1.807) is 24.5 Å². The van der Waals surface area contributed by atoms with Crippen molar-refractivity contribution in [3.8, 4) is 11.3 Å². The van der Waals surface area contributed by atoms with E-state index in [1.807, 2.05) is 53.1 Å². The van der Waals surface area contributed by atoms with E-state index in [0.29, 0.717) is 29.5 Å². The van der Waals surface area contributed by atoms with Crippen LogP contribution in [0.4, 0.5) is 15.9 Å². The molecule has 1 amide bonds. The van der Waals surface area contributed by atoms with E-state index in [2.05, 4.69) is 37.8 Å². The van der Waals surface area contributed by atoms with E-state index in [0.717, 1.165) is 53.9 Å². The molecule has 1 aliphatic rings. The van der Waals surface area contributed by atoms with Crippen molar-refractivity contribution >= 4 is 28.4 Å². The molecule has 0 aliphatic carbocycles. The van der Waals surface area contributed by atoms with Crippen molar-refractivity contribution in [2.24, 2.45) is 0 Å². The molecule has 9 heteroatoms. The molecule has 0 saturated carbocycles. The maximum absolute atomic E-state index is 14.2. The fourth-order valence-corrected chi connectivity index (χ4v) is 4.99. The van der Waals surface area contributed by atoms with Crippen LogP contribution in [0.1, 0.15) is 28.8 Å². The molecule has 39 heavy (non-hydrogen) atoms. The van der Waals surface area contributed by atoms with Gasteiger partial charge >= 0.3 is 0 Å². The van der Waals surface area contributed by atoms with Crippen LogP contribution in [0.3, 0.4) is 0 Å². The molecule has 1 saturated heterocycles. The second-order valence-electron chi connectivity index (χ2n) is 10.1. The van der Waals surface area contributed by atoms with Crippen molar-refractivity contribution < 1.29 is 9.18 Å². The number of aromatic amines is 1. The monoisotopic (exact) mass is 523 g/mol. The van der Waals surface area contributed by atoms with Gasteiger partial charge in [-0.05, 0) is 75.4 Å². The number of hydrogen-bond donors (Lipinski definition) is 3. The molecular formula is C30H30FN7O. The number of benzene rings is 3. The number of likely N-dealkylation sites (tertiary alicyclic amines) is 1. The molecule has 0 atom stereocenters. The summed E-state index contributed by atoms with van der Waals surface area (Å²) in [4.78, 5) is 19.6. The number of imidazole rings is 1. The number of rotatable bonds is 7. The first-order valence-electron chi connectivity index (χ1n) is 13.1. The Labute approximate surface area is 225 Å². The summed E-state index contributed by atoms with van der Waals surface area (Å²) >= 11 is 0. The van der Waals surface area contributed by atoms with Crippen molar-refractivity contribution in [2.45, 2.75) is 25.4 Å². The van der Waals surface area contributed by atoms with Gasteiger partial charge in [-0.15, -0.1) is 0 Å². The van der Waals surface area contributed by atoms with Gasteiger partial charge in [0.2, 0.25) is 0 Å².